The molecular weight excluding hydrogens is 172 g/mol. The molecule has 0 atom stereocenters. The third kappa shape index (κ3) is 4.83. The van der Waals surface area contributed by atoms with E-state index in [9.17, 15) is 0 Å². The Hall–Kier alpha value is -1.08. The molecule has 0 aliphatic carbocycles. The van der Waals surface area contributed by atoms with Crippen LogP contribution in [-0.2, 0) is 4.74 Å². The van der Waals surface area contributed by atoms with E-state index >= 15 is 0 Å². The third-order valence-corrected chi connectivity index (χ3v) is 1.59. The van der Waals surface area contributed by atoms with Gasteiger partial charge in [0, 0.05) is 0 Å². The van der Waals surface area contributed by atoms with Crippen LogP contribution in [0.5, 0.6) is 0 Å². The molecule has 1 rings (SSSR count). The fourth-order valence-electron chi connectivity index (χ4n) is 0.958. The highest BCUT2D eigenvalue weighted by Crippen LogP contribution is 2.09. The van der Waals surface area contributed by atoms with Crippen LogP contribution in [0, 0.1) is 6.61 Å². The molecule has 0 aromatic heterocycles. The molecule has 0 saturated carbocycles. The smallest absolute Gasteiger partial charge is 0.106 e. The molecule has 0 heterocycles. The lowest BCUT2D eigenvalue weighted by molar-refractivity contribution is 0.0531. The van der Waals surface area contributed by atoms with E-state index in [1.54, 1.807) is 6.61 Å². The fraction of sp³-hybridized carbons (Fsp3) is 0.308. The van der Waals surface area contributed by atoms with Crippen LogP contribution in [0.25, 0.3) is 6.08 Å². The number of hydrogen-bond donors (Lipinski definition) is 0. The minimum Gasteiger partial charge on any atom is -0.365 e. The summed E-state index contributed by atoms with van der Waals surface area (Å²) in [7, 11) is 0. The Bertz CT molecular complexity index is 280. The SMILES string of the molecule is CC(C)(C)O[CH]C=Cc1ccccc1. The van der Waals surface area contributed by atoms with Gasteiger partial charge in [0.15, 0.2) is 0 Å². The predicted molar refractivity (Wildman–Crippen MR) is 60.6 cm³/mol. The summed E-state index contributed by atoms with van der Waals surface area (Å²) in [6, 6.07) is 10.2. The van der Waals surface area contributed by atoms with Gasteiger partial charge in [0.05, 0.1) is 5.60 Å². The van der Waals surface area contributed by atoms with E-state index in [2.05, 4.69) is 12.1 Å². The van der Waals surface area contributed by atoms with Gasteiger partial charge in [0.2, 0.25) is 0 Å². The summed E-state index contributed by atoms with van der Waals surface area (Å²) < 4.78 is 5.44. The van der Waals surface area contributed by atoms with Crippen LogP contribution >= 0.6 is 0 Å². The first-order valence-electron chi connectivity index (χ1n) is 4.81. The molecule has 1 heteroatoms. The lowest BCUT2D eigenvalue weighted by atomic mass is 10.2. The molecule has 0 amide bonds. The fourth-order valence-corrected chi connectivity index (χ4v) is 0.958. The van der Waals surface area contributed by atoms with Gasteiger partial charge in [-0.1, -0.05) is 42.5 Å². The van der Waals surface area contributed by atoms with Crippen molar-refractivity contribution in [2.45, 2.75) is 26.4 Å². The van der Waals surface area contributed by atoms with Crippen molar-refractivity contribution in [3.63, 3.8) is 0 Å². The second-order valence-corrected chi connectivity index (χ2v) is 4.14. The zero-order valence-corrected chi connectivity index (χ0v) is 9.03. The van der Waals surface area contributed by atoms with E-state index in [0.29, 0.717) is 0 Å². The minimum atomic E-state index is -0.110. The van der Waals surface area contributed by atoms with Crippen LogP contribution in [0.3, 0.4) is 0 Å². The predicted octanol–water partition coefficient (Wildman–Crippen LogP) is 3.68. The second-order valence-electron chi connectivity index (χ2n) is 4.14. The monoisotopic (exact) mass is 189 g/mol. The van der Waals surface area contributed by atoms with Crippen molar-refractivity contribution in [2.75, 3.05) is 0 Å². The summed E-state index contributed by atoms with van der Waals surface area (Å²) in [5, 5.41) is 0. The van der Waals surface area contributed by atoms with Gasteiger partial charge in [0.1, 0.15) is 6.61 Å². The highest BCUT2D eigenvalue weighted by molar-refractivity contribution is 5.49. The largest absolute Gasteiger partial charge is 0.365 e. The molecule has 0 N–H and O–H groups in total. The van der Waals surface area contributed by atoms with E-state index in [-0.39, 0.29) is 5.60 Å². The van der Waals surface area contributed by atoms with Gasteiger partial charge in [-0.25, -0.2) is 0 Å². The van der Waals surface area contributed by atoms with Crippen LogP contribution in [-0.4, -0.2) is 5.60 Å². The van der Waals surface area contributed by atoms with Crippen LogP contribution in [0.15, 0.2) is 36.4 Å². The van der Waals surface area contributed by atoms with Gasteiger partial charge in [0.25, 0.3) is 0 Å². The molecule has 0 fully saturated rings. The van der Waals surface area contributed by atoms with Crippen LogP contribution in [0.4, 0.5) is 0 Å². The molecular formula is C13H17O. The van der Waals surface area contributed by atoms with Crippen molar-refractivity contribution in [3.05, 3.63) is 48.6 Å². The molecule has 0 spiro atoms. The average molecular weight is 189 g/mol. The average Bonchev–Trinajstić information content (AvgIpc) is 2.13. The molecule has 1 aromatic carbocycles. The molecule has 0 unspecified atom stereocenters. The maximum atomic E-state index is 5.44. The summed E-state index contributed by atoms with van der Waals surface area (Å²) in [6.07, 6.45) is 3.94. The van der Waals surface area contributed by atoms with E-state index < -0.39 is 0 Å². The Morgan fingerprint density at radius 2 is 1.71 bits per heavy atom. The Morgan fingerprint density at radius 3 is 2.29 bits per heavy atom. The lowest BCUT2D eigenvalue weighted by Crippen LogP contribution is -2.16. The molecule has 0 saturated heterocycles. The van der Waals surface area contributed by atoms with Crippen LogP contribution < -0.4 is 0 Å². The van der Waals surface area contributed by atoms with Crippen LogP contribution in [0.1, 0.15) is 26.3 Å². The van der Waals surface area contributed by atoms with Gasteiger partial charge in [-0.3, -0.25) is 0 Å². The standard InChI is InChI=1S/C13H17O/c1-13(2,3)14-11-7-10-12-8-5-4-6-9-12/h4-11H,1-3H3. The van der Waals surface area contributed by atoms with Crippen molar-refractivity contribution in [3.8, 4) is 0 Å². The van der Waals surface area contributed by atoms with Crippen molar-refractivity contribution in [1.29, 1.82) is 0 Å². The molecule has 75 valence electrons. The molecule has 1 aromatic rings. The maximum Gasteiger partial charge on any atom is 0.106 e. The Labute approximate surface area is 86.4 Å². The first-order chi connectivity index (χ1) is 6.58. The number of ether oxygens (including phenoxy) is 1. The zero-order valence-electron chi connectivity index (χ0n) is 9.03. The zero-order chi connectivity index (χ0) is 10.4. The van der Waals surface area contributed by atoms with Gasteiger partial charge >= 0.3 is 0 Å². The molecule has 1 radical (unpaired) electrons. The number of rotatable bonds is 3. The van der Waals surface area contributed by atoms with Gasteiger partial charge in [-0.2, -0.15) is 0 Å². The Morgan fingerprint density at radius 1 is 1.07 bits per heavy atom. The molecule has 1 nitrogen and oxygen atoms in total. The first kappa shape index (κ1) is 11.0. The minimum absolute atomic E-state index is 0.110. The van der Waals surface area contributed by atoms with Crippen molar-refractivity contribution in [2.24, 2.45) is 0 Å². The summed E-state index contributed by atoms with van der Waals surface area (Å²) in [5.41, 5.74) is 1.07. The molecule has 0 aliphatic heterocycles. The first-order valence-corrected chi connectivity index (χ1v) is 4.81. The summed E-state index contributed by atoms with van der Waals surface area (Å²) in [5.74, 6) is 0. The highest BCUT2D eigenvalue weighted by Gasteiger charge is 2.07. The summed E-state index contributed by atoms with van der Waals surface area (Å²) in [6.45, 7) is 7.81. The van der Waals surface area contributed by atoms with Gasteiger partial charge < -0.3 is 4.74 Å². The Kier molecular flexibility index (Phi) is 3.90. The normalized spacial score (nSPS) is 12.2. The van der Waals surface area contributed by atoms with Crippen LogP contribution in [0.2, 0.25) is 0 Å². The number of hydrogen-bond acceptors (Lipinski definition) is 1. The summed E-state index contributed by atoms with van der Waals surface area (Å²) >= 11 is 0. The molecule has 14 heavy (non-hydrogen) atoms. The van der Waals surface area contributed by atoms with Crippen molar-refractivity contribution in [1.82, 2.24) is 0 Å². The Balaban J connectivity index is 2.35. The van der Waals surface area contributed by atoms with Gasteiger partial charge in [-0.15, -0.1) is 0 Å². The van der Waals surface area contributed by atoms with E-state index in [1.165, 1.54) is 5.56 Å². The lowest BCUT2D eigenvalue weighted by Gasteiger charge is -2.17. The number of benzene rings is 1. The van der Waals surface area contributed by atoms with E-state index in [0.717, 1.165) is 0 Å². The highest BCUT2D eigenvalue weighted by atomic mass is 16.5. The quantitative estimate of drug-likeness (QED) is 0.704. The maximum absolute atomic E-state index is 5.44. The van der Waals surface area contributed by atoms with Crippen molar-refractivity contribution < 1.29 is 4.74 Å². The third-order valence-electron chi connectivity index (χ3n) is 1.59. The summed E-state index contributed by atoms with van der Waals surface area (Å²) in [4.78, 5) is 0. The van der Waals surface area contributed by atoms with E-state index in [4.69, 9.17) is 4.74 Å². The van der Waals surface area contributed by atoms with Crippen molar-refractivity contribution >= 4 is 6.08 Å². The van der Waals surface area contributed by atoms with E-state index in [1.807, 2.05) is 51.1 Å². The topological polar surface area (TPSA) is 9.23 Å². The molecule has 0 bridgehead atoms. The molecule has 0 aliphatic rings. The second kappa shape index (κ2) is 4.97. The van der Waals surface area contributed by atoms with Gasteiger partial charge in [-0.05, 0) is 26.3 Å².